The average molecular weight is 848 g/mol. The number of nitrogens with zero attached hydrogens (tertiary/aromatic N) is 1. The molecule has 0 spiro atoms. The Balaban J connectivity index is 1.91. The van der Waals surface area contributed by atoms with Gasteiger partial charge in [-0.05, 0) is 100 Å². The van der Waals surface area contributed by atoms with Crippen LogP contribution >= 0.6 is 0 Å². The van der Waals surface area contributed by atoms with Gasteiger partial charge in [0.2, 0.25) is 12.2 Å². The third kappa shape index (κ3) is 14.9. The summed E-state index contributed by atoms with van der Waals surface area (Å²) in [6, 6.07) is -3.15. The van der Waals surface area contributed by atoms with Crippen LogP contribution in [0.25, 0.3) is 0 Å². The number of amides is 4. The van der Waals surface area contributed by atoms with Crippen molar-refractivity contribution in [2.24, 2.45) is 11.7 Å². The first-order valence-corrected chi connectivity index (χ1v) is 20.0. The van der Waals surface area contributed by atoms with Gasteiger partial charge in [-0.3, -0.25) is 4.79 Å². The second-order valence-electron chi connectivity index (χ2n) is 18.7. The van der Waals surface area contributed by atoms with Gasteiger partial charge in [0.1, 0.15) is 52.6 Å². The van der Waals surface area contributed by atoms with Gasteiger partial charge in [0, 0.05) is 13.6 Å². The highest BCUT2D eigenvalue weighted by atomic mass is 16.7. The highest BCUT2D eigenvalue weighted by molar-refractivity contribution is 5.81. The molecule has 3 rings (SSSR count). The number of hydrogen-bond acceptors (Lipinski definition) is 16. The zero-order chi connectivity index (χ0) is 44.8. The highest BCUT2D eigenvalue weighted by Crippen LogP contribution is 2.36. The summed E-state index contributed by atoms with van der Waals surface area (Å²) < 4.78 is 40.6. The number of carbonyl (C=O) groups is 4. The minimum absolute atomic E-state index is 0.0246. The fraction of sp³-hybridized carbons (Fsp3) is 0.846. The van der Waals surface area contributed by atoms with Crippen molar-refractivity contribution in [1.29, 1.82) is 0 Å². The molecular weight excluding hydrogens is 778 g/mol. The summed E-state index contributed by atoms with van der Waals surface area (Å²) in [5, 5.41) is 53.8. The van der Waals surface area contributed by atoms with Crippen molar-refractivity contribution in [2.45, 2.75) is 179 Å². The van der Waals surface area contributed by atoms with Gasteiger partial charge in [-0.2, -0.15) is 0 Å². The smallest absolute Gasteiger partial charge is 0.410 e. The van der Waals surface area contributed by atoms with Crippen molar-refractivity contribution in [3.05, 3.63) is 11.8 Å². The lowest BCUT2D eigenvalue weighted by Gasteiger charge is -2.50. The maximum absolute atomic E-state index is 13.4. The minimum atomic E-state index is -1.79. The Labute approximate surface area is 346 Å². The fourth-order valence-electron chi connectivity index (χ4n) is 6.96. The van der Waals surface area contributed by atoms with Crippen molar-refractivity contribution in [3.8, 4) is 0 Å². The molecule has 9 N–H and O–H groups in total. The molecule has 20 heteroatoms. The van der Waals surface area contributed by atoms with Gasteiger partial charge in [-0.1, -0.05) is 6.92 Å². The number of nitrogens with two attached hydrogens (primary N) is 1. The van der Waals surface area contributed by atoms with E-state index >= 15 is 0 Å². The molecule has 3 aliphatic rings. The normalized spacial score (nSPS) is 32.1. The monoisotopic (exact) mass is 847 g/mol. The Morgan fingerprint density at radius 1 is 0.898 bits per heavy atom. The van der Waals surface area contributed by atoms with E-state index in [0.717, 1.165) is 4.90 Å². The molecule has 2 heterocycles. The van der Waals surface area contributed by atoms with Crippen LogP contribution in [0.15, 0.2) is 11.8 Å². The van der Waals surface area contributed by atoms with E-state index in [1.807, 2.05) is 0 Å². The fourth-order valence-corrected chi connectivity index (χ4v) is 6.96. The van der Waals surface area contributed by atoms with Crippen LogP contribution in [0.3, 0.4) is 0 Å². The van der Waals surface area contributed by atoms with Crippen LogP contribution in [0.5, 0.6) is 0 Å². The molecule has 1 saturated carbocycles. The number of hydrogen-bond donors (Lipinski definition) is 8. The summed E-state index contributed by atoms with van der Waals surface area (Å²) in [5.74, 6) is -1.00. The summed E-state index contributed by atoms with van der Waals surface area (Å²) >= 11 is 0. The largest absolute Gasteiger partial charge is 0.466 e. The van der Waals surface area contributed by atoms with Crippen molar-refractivity contribution in [3.63, 3.8) is 0 Å². The molecule has 0 bridgehead atoms. The van der Waals surface area contributed by atoms with E-state index in [1.165, 1.54) is 14.0 Å². The van der Waals surface area contributed by atoms with Crippen LogP contribution in [-0.4, -0.2) is 160 Å². The maximum atomic E-state index is 13.4. The Hall–Kier alpha value is -3.50. The summed E-state index contributed by atoms with van der Waals surface area (Å²) in [4.78, 5) is 52.5. The number of likely N-dealkylation sites (N-methyl/N-ethyl adjacent to an activating group) is 1. The molecule has 0 aromatic rings. The molecule has 0 aromatic heterocycles. The minimum Gasteiger partial charge on any atom is -0.466 e. The lowest BCUT2D eigenvalue weighted by atomic mass is 9.79. The van der Waals surface area contributed by atoms with Crippen molar-refractivity contribution in [1.82, 2.24) is 20.9 Å². The van der Waals surface area contributed by atoms with E-state index in [1.54, 1.807) is 75.3 Å². The molecule has 2 aliphatic heterocycles. The zero-order valence-corrected chi connectivity index (χ0v) is 36.5. The Morgan fingerprint density at radius 2 is 1.47 bits per heavy atom. The first kappa shape index (κ1) is 49.9. The van der Waals surface area contributed by atoms with Crippen LogP contribution in [-0.2, 0) is 38.0 Å². The quantitative estimate of drug-likeness (QED) is 0.128. The van der Waals surface area contributed by atoms with E-state index < -0.39 is 120 Å². The predicted octanol–water partition coefficient (Wildman–Crippen LogP) is 1.10. The second-order valence-corrected chi connectivity index (χ2v) is 18.7. The average Bonchev–Trinajstić information content (AvgIpc) is 3.07. The molecule has 0 unspecified atom stereocenters. The Morgan fingerprint density at radius 3 is 2.05 bits per heavy atom. The predicted molar refractivity (Wildman–Crippen MR) is 210 cm³/mol. The molecule has 340 valence electrons. The SMILES string of the molecule is C[C@H]1C[C@@H](NC(=O)[C@@H](O)CCNC(=O)OC(C)(C)C)[C@H](O[C@H]2OC[C@](C)(O)[C@H](N(C)C(=O)OC(C)(C)C)[C@H]2O)[C@@H](O)[C@@H]1O[C@H]1OC(CN)=CC[C@H]1NC(=O)OC(C)(C)C. The molecule has 12 atom stereocenters. The third-order valence-corrected chi connectivity index (χ3v) is 9.53. The number of aliphatic hydroxyl groups excluding tert-OH is 3. The van der Waals surface area contributed by atoms with Gasteiger partial charge >= 0.3 is 18.3 Å². The van der Waals surface area contributed by atoms with Crippen LogP contribution in [0, 0.1) is 5.92 Å². The summed E-state index contributed by atoms with van der Waals surface area (Å²) in [5.41, 5.74) is 1.64. The molecule has 1 aliphatic carbocycles. The van der Waals surface area contributed by atoms with Gasteiger partial charge < -0.3 is 80.2 Å². The van der Waals surface area contributed by atoms with Gasteiger partial charge in [0.05, 0.1) is 37.4 Å². The molecular formula is C39H69N5O15. The summed E-state index contributed by atoms with van der Waals surface area (Å²) in [6.07, 6.45) is -10.6. The van der Waals surface area contributed by atoms with Crippen LogP contribution in [0.2, 0.25) is 0 Å². The number of carbonyl (C=O) groups excluding carboxylic acids is 4. The van der Waals surface area contributed by atoms with E-state index in [2.05, 4.69) is 16.0 Å². The lowest BCUT2D eigenvalue weighted by molar-refractivity contribution is -0.313. The van der Waals surface area contributed by atoms with Crippen molar-refractivity contribution < 1.29 is 72.8 Å². The van der Waals surface area contributed by atoms with Crippen molar-refractivity contribution >= 4 is 24.2 Å². The van der Waals surface area contributed by atoms with Crippen molar-refractivity contribution in [2.75, 3.05) is 26.7 Å². The number of ether oxygens (including phenoxy) is 7. The molecule has 0 radical (unpaired) electrons. The van der Waals surface area contributed by atoms with Gasteiger partial charge in [-0.25, -0.2) is 14.4 Å². The third-order valence-electron chi connectivity index (χ3n) is 9.53. The summed E-state index contributed by atoms with van der Waals surface area (Å²) in [7, 11) is 1.35. The number of alkyl carbamates (subject to hydrolysis) is 2. The molecule has 1 saturated heterocycles. The van der Waals surface area contributed by atoms with Gasteiger partial charge in [0.15, 0.2) is 6.29 Å². The summed E-state index contributed by atoms with van der Waals surface area (Å²) in [6.45, 7) is 17.8. The standard InChI is InChI=1S/C39H69N5O15/c1-20-17-23(42-30(48)24(45)15-16-41-33(49)57-36(2,3)4)28(56-32-26(47)29(39(11,52)19-53-32)44(12)35(51)59-38(8,9)10)25(46)27(20)55-31-22(14-13-21(18-40)54-31)43-34(50)58-37(5,6)7/h13,20,22-29,31-32,45-47,52H,14-19,40H2,1-12H3,(H,41,49)(H,42,48)(H,43,50)/t20-,22+,23+,24-,25-,26+,27+,28-,29+,31+,32+,39-/m0/s1. The Bertz CT molecular complexity index is 1480. The van der Waals surface area contributed by atoms with Crippen LogP contribution in [0.1, 0.15) is 95.4 Å². The molecule has 2 fully saturated rings. The Kier molecular flexibility index (Phi) is 16.8. The van der Waals surface area contributed by atoms with E-state index in [-0.39, 0.29) is 32.4 Å². The van der Waals surface area contributed by atoms with Crippen LogP contribution < -0.4 is 21.7 Å². The highest BCUT2D eigenvalue weighted by Gasteiger charge is 2.54. The topological polar surface area (TPSA) is 279 Å². The van der Waals surface area contributed by atoms with E-state index in [0.29, 0.717) is 5.76 Å². The molecule has 20 nitrogen and oxygen atoms in total. The first-order valence-electron chi connectivity index (χ1n) is 20.0. The number of rotatable bonds is 12. The molecule has 0 aromatic carbocycles. The van der Waals surface area contributed by atoms with Gasteiger partial charge in [-0.15, -0.1) is 0 Å². The lowest BCUT2D eigenvalue weighted by Crippen LogP contribution is -2.69. The molecule has 4 amide bonds. The first-order chi connectivity index (χ1) is 27.0. The zero-order valence-electron chi connectivity index (χ0n) is 36.5. The second kappa shape index (κ2) is 19.9. The molecule has 59 heavy (non-hydrogen) atoms. The van der Waals surface area contributed by atoms with Crippen LogP contribution in [0.4, 0.5) is 14.4 Å². The maximum Gasteiger partial charge on any atom is 0.410 e. The van der Waals surface area contributed by atoms with E-state index in [9.17, 15) is 39.6 Å². The van der Waals surface area contributed by atoms with E-state index in [4.69, 9.17) is 38.9 Å². The number of aliphatic hydroxyl groups is 4. The van der Waals surface area contributed by atoms with Gasteiger partial charge in [0.25, 0.3) is 0 Å². The number of nitrogens with one attached hydrogen (secondary N) is 3.